The monoisotopic (exact) mass is 285 g/mol. The molecule has 0 radical (unpaired) electrons. The first kappa shape index (κ1) is 15.2. The van der Waals surface area contributed by atoms with E-state index in [1.54, 1.807) is 13.8 Å². The number of amides is 1. The highest BCUT2D eigenvalue weighted by molar-refractivity contribution is 6.31. The van der Waals surface area contributed by atoms with E-state index in [-0.39, 0.29) is 5.02 Å². The number of ether oxygens (including phenoxy) is 1. The highest BCUT2D eigenvalue weighted by atomic mass is 35.5. The van der Waals surface area contributed by atoms with E-state index in [1.807, 2.05) is 0 Å². The quantitative estimate of drug-likeness (QED) is 0.683. The van der Waals surface area contributed by atoms with E-state index in [4.69, 9.17) is 16.3 Å². The lowest BCUT2D eigenvalue weighted by Gasteiger charge is -2.06. The van der Waals surface area contributed by atoms with Gasteiger partial charge in [0.05, 0.1) is 5.02 Å². The van der Waals surface area contributed by atoms with Crippen molar-refractivity contribution in [2.24, 2.45) is 0 Å². The molecule has 0 heterocycles. The van der Waals surface area contributed by atoms with E-state index < -0.39 is 24.3 Å². The Morgan fingerprint density at radius 1 is 1.42 bits per heavy atom. The summed E-state index contributed by atoms with van der Waals surface area (Å²) in [7, 11) is 0. The molecule has 0 saturated carbocycles. The Hall–Kier alpha value is -1.88. The molecule has 19 heavy (non-hydrogen) atoms. The first-order chi connectivity index (χ1) is 8.88. The van der Waals surface area contributed by atoms with Gasteiger partial charge in [-0.1, -0.05) is 17.2 Å². The van der Waals surface area contributed by atoms with Crippen molar-refractivity contribution in [2.75, 3.05) is 11.9 Å². The molecule has 4 nitrogen and oxygen atoms in total. The lowest BCUT2D eigenvalue weighted by Crippen LogP contribution is -2.20. The standard InChI is InChI=1S/C13H13ClFNO3/c1-8(2)5-13(18)19-7-12(17)16-9-3-4-11(15)10(14)6-9/h3-6H,7H2,1-2H3,(H,16,17). The SMILES string of the molecule is CC(C)=CC(=O)OCC(=O)Nc1ccc(F)c(Cl)c1. The van der Waals surface area contributed by atoms with Crippen molar-refractivity contribution in [3.8, 4) is 0 Å². The Kier molecular flexibility index (Phi) is 5.51. The highest BCUT2D eigenvalue weighted by Crippen LogP contribution is 2.19. The molecule has 1 aromatic rings. The molecule has 1 N–H and O–H groups in total. The molecule has 0 aliphatic rings. The van der Waals surface area contributed by atoms with E-state index in [0.717, 1.165) is 11.6 Å². The first-order valence-corrected chi connectivity index (χ1v) is 5.83. The molecule has 0 aromatic heterocycles. The Labute approximate surface area is 115 Å². The molecule has 0 bridgehead atoms. The summed E-state index contributed by atoms with van der Waals surface area (Å²) in [4.78, 5) is 22.6. The van der Waals surface area contributed by atoms with Crippen LogP contribution in [0.25, 0.3) is 0 Å². The molecule has 0 aliphatic carbocycles. The van der Waals surface area contributed by atoms with Gasteiger partial charge in [0.1, 0.15) is 5.82 Å². The number of nitrogens with one attached hydrogen (secondary N) is 1. The summed E-state index contributed by atoms with van der Waals surface area (Å²) in [5.74, 6) is -1.69. The highest BCUT2D eigenvalue weighted by Gasteiger charge is 2.07. The number of benzene rings is 1. The van der Waals surface area contributed by atoms with Crippen LogP contribution >= 0.6 is 11.6 Å². The second-order valence-corrected chi connectivity index (χ2v) is 4.41. The molecule has 0 fully saturated rings. The van der Waals surface area contributed by atoms with Gasteiger partial charge in [0.25, 0.3) is 5.91 Å². The molecular formula is C13H13ClFNO3. The molecule has 6 heteroatoms. The topological polar surface area (TPSA) is 55.4 Å². The van der Waals surface area contributed by atoms with Gasteiger partial charge in [-0.25, -0.2) is 9.18 Å². The summed E-state index contributed by atoms with van der Waals surface area (Å²) in [6, 6.07) is 3.76. The largest absolute Gasteiger partial charge is 0.452 e. The molecular weight excluding hydrogens is 273 g/mol. The van der Waals surface area contributed by atoms with Crippen LogP contribution < -0.4 is 5.32 Å². The van der Waals surface area contributed by atoms with E-state index in [2.05, 4.69) is 5.32 Å². The van der Waals surface area contributed by atoms with Crippen LogP contribution in [0.5, 0.6) is 0 Å². The van der Waals surface area contributed by atoms with Crippen molar-refractivity contribution < 1.29 is 18.7 Å². The summed E-state index contributed by atoms with van der Waals surface area (Å²) in [6.07, 6.45) is 1.28. The van der Waals surface area contributed by atoms with Crippen LogP contribution in [-0.4, -0.2) is 18.5 Å². The summed E-state index contributed by atoms with van der Waals surface area (Å²) in [5, 5.41) is 2.33. The predicted molar refractivity (Wildman–Crippen MR) is 70.4 cm³/mol. The van der Waals surface area contributed by atoms with Gasteiger partial charge in [-0.2, -0.15) is 0 Å². The van der Waals surface area contributed by atoms with Crippen LogP contribution in [0.2, 0.25) is 5.02 Å². The third-order valence-corrected chi connectivity index (χ3v) is 2.25. The third kappa shape index (κ3) is 5.52. The maximum atomic E-state index is 12.9. The van der Waals surface area contributed by atoms with Crippen molar-refractivity contribution in [1.29, 1.82) is 0 Å². The number of carbonyl (C=O) groups excluding carboxylic acids is 2. The Bertz CT molecular complexity index is 525. The van der Waals surface area contributed by atoms with Gasteiger partial charge in [-0.05, 0) is 32.0 Å². The molecule has 0 unspecified atom stereocenters. The van der Waals surface area contributed by atoms with Gasteiger partial charge >= 0.3 is 5.97 Å². The predicted octanol–water partition coefficient (Wildman–Crippen LogP) is 2.93. The van der Waals surface area contributed by atoms with Crippen LogP contribution in [0.15, 0.2) is 29.8 Å². The lowest BCUT2D eigenvalue weighted by atomic mass is 10.3. The maximum absolute atomic E-state index is 12.9. The molecule has 0 spiro atoms. The van der Waals surface area contributed by atoms with Gasteiger partial charge in [-0.3, -0.25) is 4.79 Å². The maximum Gasteiger partial charge on any atom is 0.331 e. The molecule has 1 aromatic carbocycles. The zero-order valence-electron chi connectivity index (χ0n) is 10.5. The van der Waals surface area contributed by atoms with Crippen LogP contribution in [0.3, 0.4) is 0 Å². The number of rotatable bonds is 4. The second-order valence-electron chi connectivity index (χ2n) is 4.01. The van der Waals surface area contributed by atoms with Crippen LogP contribution in [0.4, 0.5) is 10.1 Å². The van der Waals surface area contributed by atoms with Crippen molar-refractivity contribution >= 4 is 29.2 Å². The minimum atomic E-state index is -0.590. The average molecular weight is 286 g/mol. The van der Waals surface area contributed by atoms with Crippen molar-refractivity contribution in [3.63, 3.8) is 0 Å². The molecule has 102 valence electrons. The number of hydrogen-bond acceptors (Lipinski definition) is 3. The molecule has 0 saturated heterocycles. The smallest absolute Gasteiger partial charge is 0.331 e. The summed E-state index contributed by atoms with van der Waals surface area (Å²) >= 11 is 5.56. The number of allylic oxidation sites excluding steroid dienone is 1. The van der Waals surface area contributed by atoms with Gasteiger partial charge in [0.2, 0.25) is 0 Å². The third-order valence-electron chi connectivity index (χ3n) is 1.96. The van der Waals surface area contributed by atoms with Crippen molar-refractivity contribution in [2.45, 2.75) is 13.8 Å². The molecule has 0 aliphatic heterocycles. The van der Waals surface area contributed by atoms with Gasteiger partial charge in [0, 0.05) is 11.8 Å². The molecule has 1 amide bonds. The fourth-order valence-corrected chi connectivity index (χ4v) is 1.37. The lowest BCUT2D eigenvalue weighted by molar-refractivity contribution is -0.142. The average Bonchev–Trinajstić information content (AvgIpc) is 2.30. The fourth-order valence-electron chi connectivity index (χ4n) is 1.19. The van der Waals surface area contributed by atoms with Crippen molar-refractivity contribution in [3.05, 3.63) is 40.7 Å². The van der Waals surface area contributed by atoms with Crippen LogP contribution in [-0.2, 0) is 14.3 Å². The minimum Gasteiger partial charge on any atom is -0.452 e. The number of carbonyl (C=O) groups is 2. The Morgan fingerprint density at radius 3 is 2.68 bits per heavy atom. The second kappa shape index (κ2) is 6.89. The Morgan fingerprint density at radius 2 is 2.11 bits per heavy atom. The zero-order chi connectivity index (χ0) is 14.4. The van der Waals surface area contributed by atoms with E-state index in [9.17, 15) is 14.0 Å². The number of halogens is 2. The minimum absolute atomic E-state index is 0.0978. The molecule has 1 rings (SSSR count). The van der Waals surface area contributed by atoms with Gasteiger partial charge in [0.15, 0.2) is 6.61 Å². The van der Waals surface area contributed by atoms with Crippen molar-refractivity contribution in [1.82, 2.24) is 0 Å². The van der Waals surface area contributed by atoms with E-state index in [1.165, 1.54) is 18.2 Å². The number of esters is 1. The number of hydrogen-bond donors (Lipinski definition) is 1. The number of anilines is 1. The molecule has 0 atom stereocenters. The summed E-state index contributed by atoms with van der Waals surface area (Å²) in [6.45, 7) is 3.06. The Balaban J connectivity index is 2.49. The normalized spacial score (nSPS) is 9.68. The summed E-state index contributed by atoms with van der Waals surface area (Å²) in [5.41, 5.74) is 1.10. The summed E-state index contributed by atoms with van der Waals surface area (Å²) < 4.78 is 17.6. The van der Waals surface area contributed by atoms with Gasteiger partial charge < -0.3 is 10.1 Å². The first-order valence-electron chi connectivity index (χ1n) is 5.45. The van der Waals surface area contributed by atoms with Gasteiger partial charge in [-0.15, -0.1) is 0 Å². The van der Waals surface area contributed by atoms with Crippen LogP contribution in [0, 0.1) is 5.82 Å². The van der Waals surface area contributed by atoms with E-state index >= 15 is 0 Å². The fraction of sp³-hybridized carbons (Fsp3) is 0.231. The van der Waals surface area contributed by atoms with E-state index in [0.29, 0.717) is 5.69 Å². The zero-order valence-corrected chi connectivity index (χ0v) is 11.3. The van der Waals surface area contributed by atoms with Crippen LogP contribution in [0.1, 0.15) is 13.8 Å².